The minimum absolute atomic E-state index is 0.236. The van der Waals surface area contributed by atoms with E-state index in [1.807, 2.05) is 0 Å². The summed E-state index contributed by atoms with van der Waals surface area (Å²) in [5.41, 5.74) is 7.45. The van der Waals surface area contributed by atoms with E-state index in [0.717, 1.165) is 22.6 Å². The number of anilines is 1. The molecule has 1 aromatic heterocycles. The van der Waals surface area contributed by atoms with Crippen LogP contribution in [0.5, 0.6) is 0 Å². The van der Waals surface area contributed by atoms with Crippen molar-refractivity contribution in [3.05, 3.63) is 35.0 Å². The van der Waals surface area contributed by atoms with E-state index in [4.69, 9.17) is 5.73 Å². The van der Waals surface area contributed by atoms with Gasteiger partial charge in [0.05, 0.1) is 5.69 Å². The number of halogens is 1. The molecule has 0 saturated carbocycles. The lowest BCUT2D eigenvalue weighted by Crippen LogP contribution is -1.85. The maximum atomic E-state index is 12.7. The predicted octanol–water partition coefficient (Wildman–Crippen LogP) is 3.09. The van der Waals surface area contributed by atoms with Crippen LogP contribution in [-0.2, 0) is 6.42 Å². The summed E-state index contributed by atoms with van der Waals surface area (Å²) in [6.45, 7) is 2.06. The van der Waals surface area contributed by atoms with Crippen LogP contribution >= 0.6 is 11.3 Å². The zero-order valence-electron chi connectivity index (χ0n) is 8.33. The van der Waals surface area contributed by atoms with Gasteiger partial charge in [-0.1, -0.05) is 6.92 Å². The van der Waals surface area contributed by atoms with Gasteiger partial charge >= 0.3 is 0 Å². The molecular weight excluding hydrogens is 211 g/mol. The molecule has 1 heterocycles. The fourth-order valence-electron chi connectivity index (χ4n) is 1.44. The Labute approximate surface area is 91.6 Å². The van der Waals surface area contributed by atoms with Gasteiger partial charge in [-0.2, -0.15) is 0 Å². The normalized spacial score (nSPS) is 10.5. The lowest BCUT2D eigenvalue weighted by atomic mass is 10.1. The highest BCUT2D eigenvalue weighted by Gasteiger charge is 2.09. The molecule has 2 rings (SSSR count). The first-order valence-electron chi connectivity index (χ1n) is 4.72. The molecular formula is C11H11FN2S. The molecule has 78 valence electrons. The highest BCUT2D eigenvalue weighted by Crippen LogP contribution is 2.29. The van der Waals surface area contributed by atoms with Crippen LogP contribution in [0.2, 0.25) is 0 Å². The van der Waals surface area contributed by atoms with Crippen LogP contribution in [0.25, 0.3) is 11.3 Å². The molecule has 4 heteroatoms. The number of hydrogen-bond donors (Lipinski definition) is 1. The number of nitrogen functional groups attached to an aromatic ring is 1. The summed E-state index contributed by atoms with van der Waals surface area (Å²) in [6.07, 6.45) is 0.890. The summed E-state index contributed by atoms with van der Waals surface area (Å²) in [7, 11) is 0. The van der Waals surface area contributed by atoms with Gasteiger partial charge < -0.3 is 5.73 Å². The van der Waals surface area contributed by atoms with Gasteiger partial charge in [0.25, 0.3) is 0 Å². The van der Waals surface area contributed by atoms with Crippen LogP contribution in [0.15, 0.2) is 24.3 Å². The standard InChI is InChI=1S/C11H11FN2S/c1-2-9-10(14-11(13)15-9)7-3-5-8(12)6-4-7/h3-6H,2H2,1H3,(H2,13,14). The van der Waals surface area contributed by atoms with Crippen LogP contribution in [0.1, 0.15) is 11.8 Å². The van der Waals surface area contributed by atoms with Gasteiger partial charge in [-0.3, -0.25) is 0 Å². The number of thiazole rings is 1. The fraction of sp³-hybridized carbons (Fsp3) is 0.182. The molecule has 0 aliphatic carbocycles. The first-order chi connectivity index (χ1) is 7.20. The molecule has 0 aliphatic rings. The van der Waals surface area contributed by atoms with E-state index in [-0.39, 0.29) is 5.82 Å². The van der Waals surface area contributed by atoms with Crippen molar-refractivity contribution in [1.82, 2.24) is 4.98 Å². The second-order valence-electron chi connectivity index (χ2n) is 3.18. The molecule has 0 saturated heterocycles. The third-order valence-corrected chi connectivity index (χ3v) is 3.18. The quantitative estimate of drug-likeness (QED) is 0.848. The summed E-state index contributed by atoms with van der Waals surface area (Å²) in [5.74, 6) is -0.236. The molecule has 0 fully saturated rings. The molecule has 0 atom stereocenters. The lowest BCUT2D eigenvalue weighted by Gasteiger charge is -1.99. The van der Waals surface area contributed by atoms with E-state index >= 15 is 0 Å². The van der Waals surface area contributed by atoms with Gasteiger partial charge in [-0.15, -0.1) is 11.3 Å². The highest BCUT2D eigenvalue weighted by atomic mass is 32.1. The Morgan fingerprint density at radius 2 is 2.00 bits per heavy atom. The van der Waals surface area contributed by atoms with E-state index in [1.165, 1.54) is 23.5 Å². The van der Waals surface area contributed by atoms with E-state index in [9.17, 15) is 4.39 Å². The minimum atomic E-state index is -0.236. The van der Waals surface area contributed by atoms with Crippen molar-refractivity contribution >= 4 is 16.5 Å². The van der Waals surface area contributed by atoms with Crippen LogP contribution in [-0.4, -0.2) is 4.98 Å². The zero-order valence-corrected chi connectivity index (χ0v) is 9.14. The number of nitrogens with two attached hydrogens (primary N) is 1. The lowest BCUT2D eigenvalue weighted by molar-refractivity contribution is 0.628. The van der Waals surface area contributed by atoms with Crippen molar-refractivity contribution in [1.29, 1.82) is 0 Å². The number of aryl methyl sites for hydroxylation is 1. The SMILES string of the molecule is CCc1sc(N)nc1-c1ccc(F)cc1. The Kier molecular flexibility index (Phi) is 2.68. The number of benzene rings is 1. The summed E-state index contributed by atoms with van der Waals surface area (Å²) >= 11 is 1.49. The second-order valence-corrected chi connectivity index (χ2v) is 4.30. The van der Waals surface area contributed by atoms with E-state index in [1.54, 1.807) is 12.1 Å². The number of rotatable bonds is 2. The molecule has 0 radical (unpaired) electrons. The second kappa shape index (κ2) is 3.98. The Morgan fingerprint density at radius 3 is 2.60 bits per heavy atom. The topological polar surface area (TPSA) is 38.9 Å². The van der Waals surface area contributed by atoms with Gasteiger partial charge in [-0.25, -0.2) is 9.37 Å². The molecule has 1 aromatic carbocycles. The first kappa shape index (κ1) is 10.1. The van der Waals surface area contributed by atoms with Crippen LogP contribution < -0.4 is 5.73 Å². The molecule has 15 heavy (non-hydrogen) atoms. The van der Waals surface area contributed by atoms with E-state index in [2.05, 4.69) is 11.9 Å². The summed E-state index contributed by atoms with van der Waals surface area (Å²) in [4.78, 5) is 5.39. The third-order valence-electron chi connectivity index (χ3n) is 2.15. The summed E-state index contributed by atoms with van der Waals surface area (Å²) in [6, 6.07) is 6.32. The Morgan fingerprint density at radius 1 is 1.33 bits per heavy atom. The monoisotopic (exact) mass is 222 g/mol. The summed E-state index contributed by atoms with van der Waals surface area (Å²) < 4.78 is 12.7. The number of aromatic nitrogens is 1. The van der Waals surface area contributed by atoms with Gasteiger partial charge in [0.2, 0.25) is 0 Å². The predicted molar refractivity (Wildman–Crippen MR) is 61.3 cm³/mol. The Balaban J connectivity index is 2.48. The highest BCUT2D eigenvalue weighted by molar-refractivity contribution is 7.15. The van der Waals surface area contributed by atoms with Crippen LogP contribution in [0.4, 0.5) is 9.52 Å². The molecule has 0 amide bonds. The van der Waals surface area contributed by atoms with Crippen LogP contribution in [0, 0.1) is 5.82 Å². The maximum Gasteiger partial charge on any atom is 0.180 e. The maximum absolute atomic E-state index is 12.7. The molecule has 0 spiro atoms. The van der Waals surface area contributed by atoms with Gasteiger partial charge in [-0.05, 0) is 30.7 Å². The molecule has 0 aliphatic heterocycles. The van der Waals surface area contributed by atoms with Crippen molar-refractivity contribution < 1.29 is 4.39 Å². The van der Waals surface area contributed by atoms with Gasteiger partial charge in [0.1, 0.15) is 5.82 Å². The molecule has 2 nitrogen and oxygen atoms in total. The summed E-state index contributed by atoms with van der Waals surface area (Å²) in [5, 5.41) is 0.561. The van der Waals surface area contributed by atoms with E-state index in [0.29, 0.717) is 5.13 Å². The average Bonchev–Trinajstić information content (AvgIpc) is 2.61. The molecule has 2 aromatic rings. The van der Waals surface area contributed by atoms with Crippen molar-refractivity contribution in [3.63, 3.8) is 0 Å². The number of nitrogens with zero attached hydrogens (tertiary/aromatic N) is 1. The zero-order chi connectivity index (χ0) is 10.8. The van der Waals surface area contributed by atoms with Crippen molar-refractivity contribution in [2.45, 2.75) is 13.3 Å². The third kappa shape index (κ3) is 1.99. The van der Waals surface area contributed by atoms with Crippen LogP contribution in [0.3, 0.4) is 0 Å². The Bertz CT molecular complexity index is 462. The molecule has 0 bridgehead atoms. The van der Waals surface area contributed by atoms with E-state index < -0.39 is 0 Å². The van der Waals surface area contributed by atoms with Crippen molar-refractivity contribution in [3.8, 4) is 11.3 Å². The molecule has 2 N–H and O–H groups in total. The van der Waals surface area contributed by atoms with Gasteiger partial charge in [0, 0.05) is 10.4 Å². The smallest absolute Gasteiger partial charge is 0.180 e. The average molecular weight is 222 g/mol. The van der Waals surface area contributed by atoms with Gasteiger partial charge in [0.15, 0.2) is 5.13 Å². The largest absolute Gasteiger partial charge is 0.375 e. The number of hydrogen-bond acceptors (Lipinski definition) is 3. The van der Waals surface area contributed by atoms with Crippen molar-refractivity contribution in [2.24, 2.45) is 0 Å². The Hall–Kier alpha value is -1.42. The van der Waals surface area contributed by atoms with Crippen molar-refractivity contribution in [2.75, 3.05) is 5.73 Å². The minimum Gasteiger partial charge on any atom is -0.375 e. The first-order valence-corrected chi connectivity index (χ1v) is 5.53. The molecule has 0 unspecified atom stereocenters. The fourth-order valence-corrected chi connectivity index (χ4v) is 2.24.